The first kappa shape index (κ1) is 22.1. The number of carbonyl (C=O) groups is 1. The third kappa shape index (κ3) is 5.04. The number of phenols is 1. The van der Waals surface area contributed by atoms with Gasteiger partial charge in [0.25, 0.3) is 11.5 Å². The van der Waals surface area contributed by atoms with E-state index in [1.54, 1.807) is 73.8 Å². The third-order valence-electron chi connectivity index (χ3n) is 4.74. The van der Waals surface area contributed by atoms with Crippen LogP contribution in [0.5, 0.6) is 11.5 Å². The Kier molecular flexibility index (Phi) is 6.70. The van der Waals surface area contributed by atoms with Crippen LogP contribution in [-0.2, 0) is 4.79 Å². The fraction of sp³-hybridized carbons (Fsp3) is 0.0833. The molecule has 166 valence electrons. The number of thioether (sulfide) groups is 1. The van der Waals surface area contributed by atoms with E-state index in [0.29, 0.717) is 33.1 Å². The highest BCUT2D eigenvalue weighted by atomic mass is 32.2. The Hall–Kier alpha value is -4.11. The monoisotopic (exact) mass is 460 g/mol. The van der Waals surface area contributed by atoms with Gasteiger partial charge < -0.3 is 9.84 Å². The number of aromatic nitrogens is 2. The molecule has 0 spiro atoms. The van der Waals surface area contributed by atoms with E-state index in [1.165, 1.54) is 16.8 Å². The molecule has 0 atom stereocenters. The van der Waals surface area contributed by atoms with Crippen molar-refractivity contribution in [1.29, 1.82) is 0 Å². The van der Waals surface area contributed by atoms with Crippen LogP contribution in [0.25, 0.3) is 16.6 Å². The maximum atomic E-state index is 13.2. The number of nitrogens with zero attached hydrogens (tertiary/aromatic N) is 3. The number of para-hydroxylation sites is 2. The third-order valence-corrected chi connectivity index (χ3v) is 5.68. The molecular weight excluding hydrogens is 440 g/mol. The molecule has 0 saturated carbocycles. The number of methoxy groups -OCH3 is 1. The van der Waals surface area contributed by atoms with Gasteiger partial charge in [0.05, 0.1) is 35.7 Å². The number of ether oxygens (including phenoxy) is 1. The normalized spacial score (nSPS) is 11.1. The Morgan fingerprint density at radius 1 is 1.12 bits per heavy atom. The van der Waals surface area contributed by atoms with Gasteiger partial charge in [0.2, 0.25) is 0 Å². The second-order valence-corrected chi connectivity index (χ2v) is 7.83. The molecule has 0 radical (unpaired) electrons. The molecule has 2 N–H and O–H groups in total. The molecule has 0 saturated heterocycles. The quantitative estimate of drug-likeness (QED) is 0.190. The summed E-state index contributed by atoms with van der Waals surface area (Å²) < 4.78 is 6.68. The predicted molar refractivity (Wildman–Crippen MR) is 128 cm³/mol. The van der Waals surface area contributed by atoms with Gasteiger partial charge in [-0.2, -0.15) is 5.10 Å². The first-order valence-electron chi connectivity index (χ1n) is 9.96. The molecule has 0 aliphatic heterocycles. The first-order valence-corrected chi connectivity index (χ1v) is 10.9. The van der Waals surface area contributed by atoms with Crippen LogP contribution in [0.2, 0.25) is 0 Å². The lowest BCUT2D eigenvalue weighted by Gasteiger charge is -2.13. The number of phenolic OH excluding ortho intramolecular Hbond substituents is 1. The average Bonchev–Trinajstić information content (AvgIpc) is 2.84. The van der Waals surface area contributed by atoms with Gasteiger partial charge in [-0.05, 0) is 48.5 Å². The number of hydrazone groups is 1. The fourth-order valence-corrected chi connectivity index (χ4v) is 3.91. The standard InChI is InChI=1S/C24H20N4O4S/c1-32-18-12-10-17(11-13-18)28-23(31)19-7-3-4-8-20(19)26-24(28)33-15-22(30)27-25-14-16-6-2-5-9-21(16)29/h2-14,29H,15H2,1H3,(H,27,30). The van der Waals surface area contributed by atoms with Crippen molar-refractivity contribution in [1.82, 2.24) is 15.0 Å². The number of aromatic hydroxyl groups is 1. The average molecular weight is 461 g/mol. The minimum absolute atomic E-state index is 0.0148. The molecule has 4 aromatic rings. The summed E-state index contributed by atoms with van der Waals surface area (Å²) in [5, 5.41) is 14.5. The molecule has 1 heterocycles. The summed E-state index contributed by atoms with van der Waals surface area (Å²) in [5.41, 5.74) is 3.83. The Bertz CT molecular complexity index is 1380. The number of hydrogen-bond donors (Lipinski definition) is 2. The summed E-state index contributed by atoms with van der Waals surface area (Å²) in [4.78, 5) is 30.2. The predicted octanol–water partition coefficient (Wildman–Crippen LogP) is 3.34. The van der Waals surface area contributed by atoms with Crippen molar-refractivity contribution >= 4 is 34.8 Å². The topological polar surface area (TPSA) is 106 Å². The van der Waals surface area contributed by atoms with Gasteiger partial charge in [0, 0.05) is 5.56 Å². The van der Waals surface area contributed by atoms with Crippen molar-refractivity contribution in [2.45, 2.75) is 5.16 Å². The van der Waals surface area contributed by atoms with Crippen molar-refractivity contribution in [3.05, 3.63) is 88.7 Å². The highest BCUT2D eigenvalue weighted by Crippen LogP contribution is 2.22. The van der Waals surface area contributed by atoms with Crippen LogP contribution < -0.4 is 15.7 Å². The Labute approximate surface area is 193 Å². The van der Waals surface area contributed by atoms with E-state index in [9.17, 15) is 14.7 Å². The van der Waals surface area contributed by atoms with E-state index in [-0.39, 0.29) is 23.0 Å². The molecule has 0 unspecified atom stereocenters. The van der Waals surface area contributed by atoms with Gasteiger partial charge >= 0.3 is 0 Å². The zero-order chi connectivity index (χ0) is 23.2. The van der Waals surface area contributed by atoms with E-state index in [0.717, 1.165) is 11.8 Å². The lowest BCUT2D eigenvalue weighted by molar-refractivity contribution is -0.118. The molecule has 9 heteroatoms. The molecule has 0 aliphatic rings. The summed E-state index contributed by atoms with van der Waals surface area (Å²) in [7, 11) is 1.57. The van der Waals surface area contributed by atoms with E-state index in [2.05, 4.69) is 15.5 Å². The largest absolute Gasteiger partial charge is 0.507 e. The van der Waals surface area contributed by atoms with Crippen LogP contribution in [0.1, 0.15) is 5.56 Å². The number of benzene rings is 3. The molecule has 0 aliphatic carbocycles. The number of hydrogen-bond acceptors (Lipinski definition) is 7. The SMILES string of the molecule is COc1ccc(-n2c(SCC(=O)NN=Cc3ccccc3O)nc3ccccc3c2=O)cc1. The summed E-state index contributed by atoms with van der Waals surface area (Å²) in [6, 6.07) is 20.8. The van der Waals surface area contributed by atoms with Gasteiger partial charge in [0.15, 0.2) is 5.16 Å². The zero-order valence-corrected chi connectivity index (χ0v) is 18.5. The van der Waals surface area contributed by atoms with Crippen molar-refractivity contribution in [2.24, 2.45) is 5.10 Å². The van der Waals surface area contributed by atoms with Crippen molar-refractivity contribution < 1.29 is 14.6 Å². The van der Waals surface area contributed by atoms with Gasteiger partial charge in [-0.1, -0.05) is 36.0 Å². The van der Waals surface area contributed by atoms with Gasteiger partial charge in [0.1, 0.15) is 11.5 Å². The van der Waals surface area contributed by atoms with Crippen LogP contribution in [0.3, 0.4) is 0 Å². The fourth-order valence-electron chi connectivity index (χ4n) is 3.10. The number of amides is 1. The van der Waals surface area contributed by atoms with Crippen molar-refractivity contribution in [2.75, 3.05) is 12.9 Å². The number of nitrogens with one attached hydrogen (secondary N) is 1. The minimum Gasteiger partial charge on any atom is -0.507 e. The molecular formula is C24H20N4O4S. The Morgan fingerprint density at radius 3 is 2.61 bits per heavy atom. The van der Waals surface area contributed by atoms with E-state index < -0.39 is 0 Å². The molecule has 1 aromatic heterocycles. The summed E-state index contributed by atoms with van der Waals surface area (Å²) in [5.74, 6) is 0.333. The van der Waals surface area contributed by atoms with Crippen LogP contribution in [0, 0.1) is 0 Å². The van der Waals surface area contributed by atoms with Gasteiger partial charge in [-0.3, -0.25) is 14.2 Å². The number of carbonyl (C=O) groups excluding carboxylic acids is 1. The molecule has 4 rings (SSSR count). The van der Waals surface area contributed by atoms with Crippen LogP contribution in [0.4, 0.5) is 0 Å². The smallest absolute Gasteiger partial charge is 0.266 e. The highest BCUT2D eigenvalue weighted by molar-refractivity contribution is 7.99. The number of rotatable bonds is 7. The van der Waals surface area contributed by atoms with Crippen molar-refractivity contribution in [3.63, 3.8) is 0 Å². The van der Waals surface area contributed by atoms with Gasteiger partial charge in [-0.25, -0.2) is 10.4 Å². The maximum absolute atomic E-state index is 13.2. The van der Waals surface area contributed by atoms with Crippen LogP contribution in [0.15, 0.2) is 87.8 Å². The summed E-state index contributed by atoms with van der Waals surface area (Å²) >= 11 is 1.12. The Balaban J connectivity index is 1.58. The molecule has 0 fully saturated rings. The Morgan fingerprint density at radius 2 is 1.85 bits per heavy atom. The second kappa shape index (κ2) is 10.0. The van der Waals surface area contributed by atoms with Crippen LogP contribution in [-0.4, -0.2) is 39.6 Å². The lowest BCUT2D eigenvalue weighted by atomic mass is 10.2. The lowest BCUT2D eigenvalue weighted by Crippen LogP contribution is -2.24. The van der Waals surface area contributed by atoms with Crippen LogP contribution >= 0.6 is 11.8 Å². The van der Waals surface area contributed by atoms with E-state index in [1.807, 2.05) is 0 Å². The highest BCUT2D eigenvalue weighted by Gasteiger charge is 2.15. The maximum Gasteiger partial charge on any atom is 0.266 e. The molecule has 33 heavy (non-hydrogen) atoms. The molecule has 0 bridgehead atoms. The summed E-state index contributed by atoms with van der Waals surface area (Å²) in [6.45, 7) is 0. The number of fused-ring (bicyclic) bond motifs is 1. The van der Waals surface area contributed by atoms with Crippen molar-refractivity contribution in [3.8, 4) is 17.2 Å². The first-order chi connectivity index (χ1) is 16.1. The molecule has 3 aromatic carbocycles. The van der Waals surface area contributed by atoms with Gasteiger partial charge in [-0.15, -0.1) is 0 Å². The van der Waals surface area contributed by atoms with E-state index in [4.69, 9.17) is 4.74 Å². The zero-order valence-electron chi connectivity index (χ0n) is 17.6. The molecule has 1 amide bonds. The second-order valence-electron chi connectivity index (χ2n) is 6.89. The molecule has 8 nitrogen and oxygen atoms in total. The van der Waals surface area contributed by atoms with E-state index >= 15 is 0 Å². The summed E-state index contributed by atoms with van der Waals surface area (Å²) in [6.07, 6.45) is 1.36. The minimum atomic E-state index is -0.379.